The van der Waals surface area contributed by atoms with Crippen LogP contribution in [0.15, 0.2) is 12.4 Å². The maximum Gasteiger partial charge on any atom is 0.128 e. The van der Waals surface area contributed by atoms with Crippen molar-refractivity contribution in [1.82, 2.24) is 9.97 Å². The molecule has 0 aliphatic heterocycles. The number of aryl methyl sites for hydroxylation is 1. The van der Waals surface area contributed by atoms with Gasteiger partial charge in [0.2, 0.25) is 0 Å². The molecule has 0 aromatic carbocycles. The molecule has 0 amide bonds. The third-order valence-corrected chi connectivity index (χ3v) is 5.01. The second-order valence-electron chi connectivity index (χ2n) is 6.75. The Kier molecular flexibility index (Phi) is 7.18. The minimum absolute atomic E-state index is 0.715. The summed E-state index contributed by atoms with van der Waals surface area (Å²) in [4.78, 5) is 9.17. The molecule has 1 aromatic heterocycles. The van der Waals surface area contributed by atoms with Gasteiger partial charge in [-0.2, -0.15) is 0 Å². The average molecular weight is 288 g/mol. The van der Waals surface area contributed by atoms with Gasteiger partial charge in [0.15, 0.2) is 0 Å². The first-order chi connectivity index (χ1) is 10.3. The molecule has 1 aromatic rings. The van der Waals surface area contributed by atoms with E-state index in [2.05, 4.69) is 36.2 Å². The molecule has 0 saturated heterocycles. The van der Waals surface area contributed by atoms with Crippen LogP contribution in [0.25, 0.3) is 0 Å². The fourth-order valence-electron chi connectivity index (χ4n) is 3.52. The van der Waals surface area contributed by atoms with Crippen molar-refractivity contribution in [2.45, 2.75) is 90.4 Å². The molecule has 1 aliphatic carbocycles. The molecular weight excluding hydrogens is 256 g/mol. The summed E-state index contributed by atoms with van der Waals surface area (Å²) in [6, 6.07) is 0. The Balaban J connectivity index is 1.78. The standard InChI is InChI=1S/C19H32N2/c1-3-5-7-9-19-20-14-18(15-21-19)17-12-10-16(11-13-17)8-6-4-2/h14-17H,3-13H2,1-2H3. The highest BCUT2D eigenvalue weighted by Crippen LogP contribution is 2.37. The molecule has 118 valence electrons. The van der Waals surface area contributed by atoms with E-state index in [1.807, 2.05) is 0 Å². The van der Waals surface area contributed by atoms with Crippen molar-refractivity contribution in [3.05, 3.63) is 23.8 Å². The molecule has 2 rings (SSSR count). The molecule has 0 radical (unpaired) electrons. The topological polar surface area (TPSA) is 25.8 Å². The largest absolute Gasteiger partial charge is 0.241 e. The number of unbranched alkanes of at least 4 members (excludes halogenated alkanes) is 3. The molecule has 0 atom stereocenters. The van der Waals surface area contributed by atoms with Crippen LogP contribution in [0.3, 0.4) is 0 Å². The van der Waals surface area contributed by atoms with Gasteiger partial charge in [-0.15, -0.1) is 0 Å². The van der Waals surface area contributed by atoms with Crippen molar-refractivity contribution in [2.75, 3.05) is 0 Å². The highest BCUT2D eigenvalue weighted by molar-refractivity contribution is 5.12. The van der Waals surface area contributed by atoms with Gasteiger partial charge >= 0.3 is 0 Å². The van der Waals surface area contributed by atoms with Gasteiger partial charge in [0.25, 0.3) is 0 Å². The predicted molar refractivity (Wildman–Crippen MR) is 89.5 cm³/mol. The van der Waals surface area contributed by atoms with E-state index in [1.54, 1.807) is 0 Å². The first kappa shape index (κ1) is 16.5. The van der Waals surface area contributed by atoms with E-state index < -0.39 is 0 Å². The van der Waals surface area contributed by atoms with Crippen LogP contribution < -0.4 is 0 Å². The van der Waals surface area contributed by atoms with Gasteiger partial charge in [-0.1, -0.05) is 46.0 Å². The third kappa shape index (κ3) is 5.41. The second kappa shape index (κ2) is 9.17. The summed E-state index contributed by atoms with van der Waals surface area (Å²) in [6.07, 6.45) is 18.7. The minimum atomic E-state index is 0.715. The molecule has 0 spiro atoms. The lowest BCUT2D eigenvalue weighted by Crippen LogP contribution is -2.14. The molecule has 1 saturated carbocycles. The van der Waals surface area contributed by atoms with Crippen LogP contribution in [0, 0.1) is 5.92 Å². The Morgan fingerprint density at radius 2 is 1.57 bits per heavy atom. The Morgan fingerprint density at radius 3 is 2.19 bits per heavy atom. The first-order valence-electron chi connectivity index (χ1n) is 9.14. The predicted octanol–water partition coefficient (Wildman–Crippen LogP) is 5.67. The average Bonchev–Trinajstić information content (AvgIpc) is 2.54. The fourth-order valence-corrected chi connectivity index (χ4v) is 3.52. The summed E-state index contributed by atoms with van der Waals surface area (Å²) in [5.41, 5.74) is 1.38. The molecule has 0 N–H and O–H groups in total. The van der Waals surface area contributed by atoms with Gasteiger partial charge in [-0.05, 0) is 49.5 Å². The highest BCUT2D eigenvalue weighted by atomic mass is 14.9. The second-order valence-corrected chi connectivity index (χ2v) is 6.75. The molecule has 2 heteroatoms. The zero-order chi connectivity index (χ0) is 14.9. The van der Waals surface area contributed by atoms with Crippen LogP contribution in [0.2, 0.25) is 0 Å². The van der Waals surface area contributed by atoms with Crippen LogP contribution in [-0.2, 0) is 6.42 Å². The van der Waals surface area contributed by atoms with Gasteiger partial charge in [-0.25, -0.2) is 9.97 Å². The van der Waals surface area contributed by atoms with Crippen LogP contribution in [0.1, 0.15) is 95.4 Å². The van der Waals surface area contributed by atoms with Crippen molar-refractivity contribution in [3.8, 4) is 0 Å². The van der Waals surface area contributed by atoms with E-state index in [1.165, 1.54) is 69.8 Å². The quantitative estimate of drug-likeness (QED) is 0.576. The van der Waals surface area contributed by atoms with E-state index in [-0.39, 0.29) is 0 Å². The zero-order valence-electron chi connectivity index (χ0n) is 14.0. The van der Waals surface area contributed by atoms with Gasteiger partial charge < -0.3 is 0 Å². The van der Waals surface area contributed by atoms with Gasteiger partial charge in [0.05, 0.1) is 0 Å². The lowest BCUT2D eigenvalue weighted by atomic mass is 9.78. The van der Waals surface area contributed by atoms with E-state index in [0.29, 0.717) is 5.92 Å². The van der Waals surface area contributed by atoms with Crippen molar-refractivity contribution >= 4 is 0 Å². The third-order valence-electron chi connectivity index (χ3n) is 5.01. The lowest BCUT2D eigenvalue weighted by molar-refractivity contribution is 0.303. The van der Waals surface area contributed by atoms with Gasteiger partial charge in [-0.3, -0.25) is 0 Å². The Hall–Kier alpha value is -0.920. The number of hydrogen-bond donors (Lipinski definition) is 0. The minimum Gasteiger partial charge on any atom is -0.241 e. The number of hydrogen-bond acceptors (Lipinski definition) is 2. The SMILES string of the molecule is CCCCCc1ncc(C2CCC(CCCC)CC2)cn1. The lowest BCUT2D eigenvalue weighted by Gasteiger charge is -2.28. The zero-order valence-corrected chi connectivity index (χ0v) is 14.0. The fraction of sp³-hybridized carbons (Fsp3) is 0.789. The maximum absolute atomic E-state index is 4.58. The summed E-state index contributed by atoms with van der Waals surface area (Å²) in [7, 11) is 0. The van der Waals surface area contributed by atoms with E-state index in [9.17, 15) is 0 Å². The molecule has 0 unspecified atom stereocenters. The highest BCUT2D eigenvalue weighted by Gasteiger charge is 2.22. The van der Waals surface area contributed by atoms with Crippen molar-refractivity contribution in [2.24, 2.45) is 5.92 Å². The number of nitrogens with zero attached hydrogens (tertiary/aromatic N) is 2. The Labute approximate surface area is 130 Å². The van der Waals surface area contributed by atoms with E-state index >= 15 is 0 Å². The molecule has 1 fully saturated rings. The summed E-state index contributed by atoms with van der Waals surface area (Å²) in [5, 5.41) is 0. The smallest absolute Gasteiger partial charge is 0.128 e. The summed E-state index contributed by atoms with van der Waals surface area (Å²) >= 11 is 0. The summed E-state index contributed by atoms with van der Waals surface area (Å²) in [5.74, 6) is 2.73. The van der Waals surface area contributed by atoms with E-state index in [4.69, 9.17) is 0 Å². The van der Waals surface area contributed by atoms with Gasteiger partial charge in [0, 0.05) is 18.8 Å². The molecule has 1 heterocycles. The maximum atomic E-state index is 4.58. The first-order valence-corrected chi connectivity index (χ1v) is 9.14. The Bertz CT molecular complexity index is 377. The monoisotopic (exact) mass is 288 g/mol. The normalized spacial score (nSPS) is 22.4. The van der Waals surface area contributed by atoms with Crippen molar-refractivity contribution in [1.29, 1.82) is 0 Å². The summed E-state index contributed by atoms with van der Waals surface area (Å²) < 4.78 is 0. The molecule has 0 bridgehead atoms. The Morgan fingerprint density at radius 1 is 0.905 bits per heavy atom. The number of aromatic nitrogens is 2. The van der Waals surface area contributed by atoms with Crippen molar-refractivity contribution in [3.63, 3.8) is 0 Å². The molecule has 2 nitrogen and oxygen atoms in total. The van der Waals surface area contributed by atoms with Gasteiger partial charge in [0.1, 0.15) is 5.82 Å². The summed E-state index contributed by atoms with van der Waals surface area (Å²) in [6.45, 7) is 4.53. The van der Waals surface area contributed by atoms with E-state index in [0.717, 1.165) is 18.2 Å². The molecular formula is C19H32N2. The van der Waals surface area contributed by atoms with Crippen LogP contribution in [0.4, 0.5) is 0 Å². The molecule has 1 aliphatic rings. The van der Waals surface area contributed by atoms with Crippen LogP contribution >= 0.6 is 0 Å². The number of rotatable bonds is 8. The molecule has 21 heavy (non-hydrogen) atoms. The van der Waals surface area contributed by atoms with Crippen LogP contribution in [0.5, 0.6) is 0 Å². The van der Waals surface area contributed by atoms with Crippen LogP contribution in [-0.4, -0.2) is 9.97 Å². The van der Waals surface area contributed by atoms with Crippen molar-refractivity contribution < 1.29 is 0 Å².